The molecule has 0 radical (unpaired) electrons. The highest BCUT2D eigenvalue weighted by Gasteiger charge is 2.44. The number of nitrogens with zero attached hydrogens (tertiary/aromatic N) is 3. The molecule has 0 spiro atoms. The first kappa shape index (κ1) is 21.4. The molecule has 3 aliphatic heterocycles. The fourth-order valence-corrected chi connectivity index (χ4v) is 5.30. The van der Waals surface area contributed by atoms with Crippen LogP contribution in [0.2, 0.25) is 0 Å². The monoisotopic (exact) mass is 389 g/mol. The Morgan fingerprint density at radius 2 is 1.89 bits per heavy atom. The smallest absolute Gasteiger partial charge is 0.320 e. The molecule has 5 nitrogen and oxygen atoms in total. The van der Waals surface area contributed by atoms with Crippen LogP contribution in [-0.2, 0) is 4.79 Å². The molecule has 1 N–H and O–H groups in total. The number of carboxylic acids is 1. The molecular formula is C23H39N3O2. The van der Waals surface area contributed by atoms with Crippen LogP contribution in [0.1, 0.15) is 74.1 Å². The molecule has 0 aromatic carbocycles. The van der Waals surface area contributed by atoms with Gasteiger partial charge in [-0.15, -0.1) is 0 Å². The van der Waals surface area contributed by atoms with Crippen molar-refractivity contribution in [2.75, 3.05) is 19.6 Å². The van der Waals surface area contributed by atoms with E-state index >= 15 is 0 Å². The summed E-state index contributed by atoms with van der Waals surface area (Å²) in [6.07, 6.45) is 3.77. The zero-order valence-electron chi connectivity index (χ0n) is 18.9. The van der Waals surface area contributed by atoms with E-state index in [0.29, 0.717) is 5.92 Å². The average molecular weight is 390 g/mol. The van der Waals surface area contributed by atoms with Crippen LogP contribution in [0.25, 0.3) is 0 Å². The lowest BCUT2D eigenvalue weighted by atomic mass is 9.71. The summed E-state index contributed by atoms with van der Waals surface area (Å²) < 4.78 is 0. The number of amidine groups is 1. The second kappa shape index (κ2) is 7.47. The number of carbonyl (C=O) groups is 1. The summed E-state index contributed by atoms with van der Waals surface area (Å²) in [5.74, 6) is 1.02. The molecule has 0 amide bonds. The molecule has 3 heterocycles. The SMILES string of the molecule is CCC1=NC(C(C)(C)C)C(C(C)(C)C)=C2CC(CN3CCCC3C(=O)O)CN12. The maximum Gasteiger partial charge on any atom is 0.320 e. The van der Waals surface area contributed by atoms with Gasteiger partial charge in [-0.1, -0.05) is 48.5 Å². The van der Waals surface area contributed by atoms with Crippen molar-refractivity contribution in [3.63, 3.8) is 0 Å². The predicted molar refractivity (Wildman–Crippen MR) is 114 cm³/mol. The van der Waals surface area contributed by atoms with Crippen LogP contribution in [0.5, 0.6) is 0 Å². The number of fused-ring (bicyclic) bond motifs is 1. The minimum atomic E-state index is -0.661. The van der Waals surface area contributed by atoms with Crippen LogP contribution in [0.4, 0.5) is 0 Å². The molecule has 0 aromatic rings. The maximum absolute atomic E-state index is 11.6. The summed E-state index contributed by atoms with van der Waals surface area (Å²) in [7, 11) is 0. The minimum Gasteiger partial charge on any atom is -0.480 e. The highest BCUT2D eigenvalue weighted by atomic mass is 16.4. The molecule has 158 valence electrons. The van der Waals surface area contributed by atoms with Gasteiger partial charge in [-0.3, -0.25) is 14.7 Å². The van der Waals surface area contributed by atoms with E-state index in [9.17, 15) is 9.90 Å². The molecule has 2 saturated heterocycles. The third-order valence-electron chi connectivity index (χ3n) is 6.51. The van der Waals surface area contributed by atoms with Crippen molar-refractivity contribution in [3.8, 4) is 0 Å². The first-order valence-corrected chi connectivity index (χ1v) is 11.0. The Bertz CT molecular complexity index is 681. The lowest BCUT2D eigenvalue weighted by molar-refractivity contribution is -0.142. The van der Waals surface area contributed by atoms with Crippen LogP contribution in [-0.4, -0.2) is 58.4 Å². The summed E-state index contributed by atoms with van der Waals surface area (Å²) in [4.78, 5) is 21.5. The highest BCUT2D eigenvalue weighted by molar-refractivity contribution is 5.86. The first-order chi connectivity index (χ1) is 12.9. The number of allylic oxidation sites excluding steroid dienone is 1. The fourth-order valence-electron chi connectivity index (χ4n) is 5.30. The maximum atomic E-state index is 11.6. The second-order valence-corrected chi connectivity index (χ2v) is 10.9. The van der Waals surface area contributed by atoms with Gasteiger partial charge in [0.1, 0.15) is 11.9 Å². The van der Waals surface area contributed by atoms with Gasteiger partial charge < -0.3 is 10.0 Å². The molecule has 0 aliphatic carbocycles. The Kier molecular flexibility index (Phi) is 5.70. The fraction of sp³-hybridized carbons (Fsp3) is 0.826. The highest BCUT2D eigenvalue weighted by Crippen LogP contribution is 2.47. The van der Waals surface area contributed by atoms with E-state index in [1.165, 1.54) is 17.1 Å². The van der Waals surface area contributed by atoms with E-state index in [0.717, 1.165) is 45.3 Å². The molecule has 0 bridgehead atoms. The normalized spacial score (nSPS) is 29.3. The van der Waals surface area contributed by atoms with Gasteiger partial charge in [0.05, 0.1) is 6.04 Å². The lowest BCUT2D eigenvalue weighted by Gasteiger charge is -2.43. The summed E-state index contributed by atoms with van der Waals surface area (Å²) in [5.41, 5.74) is 3.11. The van der Waals surface area contributed by atoms with Crippen LogP contribution in [0, 0.1) is 16.7 Å². The van der Waals surface area contributed by atoms with Gasteiger partial charge in [0, 0.05) is 25.2 Å². The van der Waals surface area contributed by atoms with Crippen molar-refractivity contribution in [1.82, 2.24) is 9.80 Å². The molecule has 2 fully saturated rings. The molecule has 5 heteroatoms. The van der Waals surface area contributed by atoms with Gasteiger partial charge in [-0.2, -0.15) is 0 Å². The standard InChI is InChI=1S/C23H39N3O2/c1-8-18-24-20(23(5,6)7)19(22(2,3)4)17-12-15(14-26(17)18)13-25-11-9-10-16(25)21(27)28/h15-16,20H,8-14H2,1-7H3,(H,27,28). The minimum absolute atomic E-state index is 0.0699. The Morgan fingerprint density at radius 3 is 2.43 bits per heavy atom. The Morgan fingerprint density at radius 1 is 1.21 bits per heavy atom. The first-order valence-electron chi connectivity index (χ1n) is 11.0. The largest absolute Gasteiger partial charge is 0.480 e. The molecule has 3 unspecified atom stereocenters. The zero-order valence-corrected chi connectivity index (χ0v) is 18.9. The zero-order chi connectivity index (χ0) is 20.9. The summed E-state index contributed by atoms with van der Waals surface area (Å²) in [6, 6.07) is -0.0821. The van der Waals surface area contributed by atoms with Gasteiger partial charge in [0.15, 0.2) is 0 Å². The number of carboxylic acid groups (broad SMARTS) is 1. The topological polar surface area (TPSA) is 56.1 Å². The Hall–Kier alpha value is -1.36. The van der Waals surface area contributed by atoms with E-state index in [2.05, 4.69) is 58.3 Å². The average Bonchev–Trinajstić information content (AvgIpc) is 3.17. The van der Waals surface area contributed by atoms with Crippen LogP contribution in [0.15, 0.2) is 16.3 Å². The Labute approximate surface area is 170 Å². The van der Waals surface area contributed by atoms with Crippen molar-refractivity contribution in [3.05, 3.63) is 11.3 Å². The predicted octanol–water partition coefficient (Wildman–Crippen LogP) is 4.39. The van der Waals surface area contributed by atoms with Crippen LogP contribution in [0.3, 0.4) is 0 Å². The molecule has 3 rings (SSSR count). The second-order valence-electron chi connectivity index (χ2n) is 10.9. The number of rotatable bonds is 4. The van der Waals surface area contributed by atoms with E-state index in [-0.39, 0.29) is 22.9 Å². The van der Waals surface area contributed by atoms with Crippen molar-refractivity contribution in [2.24, 2.45) is 21.7 Å². The third kappa shape index (κ3) is 4.00. The van der Waals surface area contributed by atoms with Gasteiger partial charge in [-0.05, 0) is 48.1 Å². The summed E-state index contributed by atoms with van der Waals surface area (Å²) in [6.45, 7) is 18.8. The van der Waals surface area contributed by atoms with Crippen LogP contribution < -0.4 is 0 Å². The van der Waals surface area contributed by atoms with Crippen molar-refractivity contribution < 1.29 is 9.90 Å². The lowest BCUT2D eigenvalue weighted by Crippen LogP contribution is -2.43. The van der Waals surface area contributed by atoms with E-state index < -0.39 is 5.97 Å². The van der Waals surface area contributed by atoms with Crippen LogP contribution >= 0.6 is 0 Å². The van der Waals surface area contributed by atoms with Gasteiger partial charge in [0.25, 0.3) is 0 Å². The number of aliphatic imine (C=N–C) groups is 1. The number of aliphatic carboxylic acids is 1. The quantitative estimate of drug-likeness (QED) is 0.774. The number of likely N-dealkylation sites (tertiary alicyclic amines) is 1. The van der Waals surface area contributed by atoms with E-state index in [1.54, 1.807) is 0 Å². The summed E-state index contributed by atoms with van der Waals surface area (Å²) in [5, 5.41) is 9.54. The molecule has 28 heavy (non-hydrogen) atoms. The third-order valence-corrected chi connectivity index (χ3v) is 6.51. The molecule has 3 atom stereocenters. The van der Waals surface area contributed by atoms with Gasteiger partial charge >= 0.3 is 5.97 Å². The van der Waals surface area contributed by atoms with E-state index in [1.807, 2.05) is 0 Å². The van der Waals surface area contributed by atoms with Crippen molar-refractivity contribution >= 4 is 11.8 Å². The number of hydrogen-bond donors (Lipinski definition) is 1. The molecular weight excluding hydrogens is 350 g/mol. The summed E-state index contributed by atoms with van der Waals surface area (Å²) >= 11 is 0. The van der Waals surface area contributed by atoms with Gasteiger partial charge in [-0.25, -0.2) is 0 Å². The van der Waals surface area contributed by atoms with Crippen molar-refractivity contribution in [2.45, 2.75) is 86.2 Å². The van der Waals surface area contributed by atoms with Crippen molar-refractivity contribution in [1.29, 1.82) is 0 Å². The number of hydrogen-bond acceptors (Lipinski definition) is 4. The Balaban J connectivity index is 1.92. The molecule has 0 aromatic heterocycles. The molecule has 3 aliphatic rings. The molecule has 0 saturated carbocycles. The van der Waals surface area contributed by atoms with E-state index in [4.69, 9.17) is 4.99 Å². The van der Waals surface area contributed by atoms with Gasteiger partial charge in [0.2, 0.25) is 0 Å².